The summed E-state index contributed by atoms with van der Waals surface area (Å²) in [4.78, 5) is 17.3. The SMILES string of the molecule is CCCN(Cc1cc(Cl)c2c(c1)OCCCO2)C1CCN(C(=O)c2ccccc2)CC1. The van der Waals surface area contributed by atoms with Crippen LogP contribution >= 0.6 is 11.6 Å². The fourth-order valence-electron chi connectivity index (χ4n) is 4.49. The highest BCUT2D eigenvalue weighted by Gasteiger charge is 2.27. The second-order valence-corrected chi connectivity index (χ2v) is 8.72. The summed E-state index contributed by atoms with van der Waals surface area (Å²) in [6.45, 7) is 6.92. The normalized spacial score (nSPS) is 16.9. The summed E-state index contributed by atoms with van der Waals surface area (Å²) in [5.74, 6) is 1.55. The van der Waals surface area contributed by atoms with Gasteiger partial charge in [0.25, 0.3) is 5.91 Å². The maximum Gasteiger partial charge on any atom is 0.253 e. The van der Waals surface area contributed by atoms with Crippen LogP contribution in [0, 0.1) is 0 Å². The third-order valence-corrected chi connectivity index (χ3v) is 6.33. The molecule has 0 saturated carbocycles. The van der Waals surface area contributed by atoms with Crippen molar-refractivity contribution in [3.63, 3.8) is 0 Å². The van der Waals surface area contributed by atoms with Gasteiger partial charge in [0.05, 0.1) is 18.2 Å². The minimum Gasteiger partial charge on any atom is -0.489 e. The van der Waals surface area contributed by atoms with Gasteiger partial charge in [-0.3, -0.25) is 9.69 Å². The number of carbonyl (C=O) groups excluding carboxylic acids is 1. The molecule has 5 nitrogen and oxygen atoms in total. The maximum absolute atomic E-state index is 12.8. The predicted octanol–water partition coefficient (Wildman–Crippen LogP) is 5.02. The van der Waals surface area contributed by atoms with E-state index in [1.807, 2.05) is 41.3 Å². The molecule has 2 heterocycles. The van der Waals surface area contributed by atoms with Crippen molar-refractivity contribution in [3.05, 3.63) is 58.6 Å². The lowest BCUT2D eigenvalue weighted by atomic mass is 10.0. The Morgan fingerprint density at radius 1 is 1.13 bits per heavy atom. The number of nitrogens with zero attached hydrogens (tertiary/aromatic N) is 2. The van der Waals surface area contributed by atoms with E-state index in [9.17, 15) is 4.79 Å². The zero-order chi connectivity index (χ0) is 21.6. The number of rotatable bonds is 6. The van der Waals surface area contributed by atoms with Crippen molar-refractivity contribution in [2.24, 2.45) is 0 Å². The first-order valence-electron chi connectivity index (χ1n) is 11.3. The highest BCUT2D eigenvalue weighted by molar-refractivity contribution is 6.32. The molecule has 2 aliphatic heterocycles. The van der Waals surface area contributed by atoms with Crippen molar-refractivity contribution in [1.82, 2.24) is 9.80 Å². The highest BCUT2D eigenvalue weighted by atomic mass is 35.5. The van der Waals surface area contributed by atoms with Gasteiger partial charge in [0.2, 0.25) is 0 Å². The topological polar surface area (TPSA) is 42.0 Å². The molecule has 1 amide bonds. The molecule has 166 valence electrons. The van der Waals surface area contributed by atoms with E-state index in [0.29, 0.717) is 30.0 Å². The zero-order valence-corrected chi connectivity index (χ0v) is 18.9. The second kappa shape index (κ2) is 10.4. The van der Waals surface area contributed by atoms with Crippen LogP contribution < -0.4 is 9.47 Å². The maximum atomic E-state index is 12.8. The van der Waals surface area contributed by atoms with E-state index in [4.69, 9.17) is 21.1 Å². The van der Waals surface area contributed by atoms with Gasteiger partial charge in [-0.15, -0.1) is 0 Å². The van der Waals surface area contributed by atoms with Crippen molar-refractivity contribution in [2.45, 2.75) is 45.2 Å². The molecule has 0 atom stereocenters. The van der Waals surface area contributed by atoms with E-state index in [1.165, 1.54) is 0 Å². The molecular formula is C25H31ClN2O3. The summed E-state index contributed by atoms with van der Waals surface area (Å²) in [5, 5.41) is 0.620. The molecule has 2 aliphatic rings. The van der Waals surface area contributed by atoms with Crippen LogP contribution in [-0.4, -0.2) is 54.6 Å². The Labute approximate surface area is 189 Å². The number of halogens is 1. The molecule has 0 unspecified atom stereocenters. The minimum atomic E-state index is 0.135. The fraction of sp³-hybridized carbons (Fsp3) is 0.480. The number of amides is 1. The van der Waals surface area contributed by atoms with Crippen LogP contribution in [0.2, 0.25) is 5.02 Å². The van der Waals surface area contributed by atoms with Crippen LogP contribution in [0.3, 0.4) is 0 Å². The summed E-state index contributed by atoms with van der Waals surface area (Å²) in [5.41, 5.74) is 1.92. The summed E-state index contributed by atoms with van der Waals surface area (Å²) >= 11 is 6.51. The molecule has 0 aliphatic carbocycles. The van der Waals surface area contributed by atoms with Gasteiger partial charge in [0.1, 0.15) is 0 Å². The summed E-state index contributed by atoms with van der Waals surface area (Å²) in [7, 11) is 0. The quantitative estimate of drug-likeness (QED) is 0.630. The summed E-state index contributed by atoms with van der Waals surface area (Å²) < 4.78 is 11.6. The van der Waals surface area contributed by atoms with Crippen LogP contribution in [0.1, 0.15) is 48.5 Å². The first kappa shape index (κ1) is 22.0. The van der Waals surface area contributed by atoms with Gasteiger partial charge in [-0.05, 0) is 55.6 Å². The molecule has 6 heteroatoms. The number of hydrogen-bond donors (Lipinski definition) is 0. The second-order valence-electron chi connectivity index (χ2n) is 8.32. The molecule has 2 aromatic carbocycles. The van der Waals surface area contributed by atoms with Crippen LogP contribution in [0.15, 0.2) is 42.5 Å². The average molecular weight is 443 g/mol. The number of hydrogen-bond acceptors (Lipinski definition) is 4. The number of likely N-dealkylation sites (tertiary alicyclic amines) is 1. The van der Waals surface area contributed by atoms with Crippen molar-refractivity contribution in [1.29, 1.82) is 0 Å². The first-order chi connectivity index (χ1) is 15.2. The van der Waals surface area contributed by atoms with Gasteiger partial charge in [0.15, 0.2) is 11.5 Å². The van der Waals surface area contributed by atoms with Crippen molar-refractivity contribution < 1.29 is 14.3 Å². The van der Waals surface area contributed by atoms with E-state index in [2.05, 4.69) is 17.9 Å². The number of ether oxygens (including phenoxy) is 2. The lowest BCUT2D eigenvalue weighted by molar-refractivity contribution is 0.0607. The molecule has 31 heavy (non-hydrogen) atoms. The number of carbonyl (C=O) groups is 1. The molecule has 0 N–H and O–H groups in total. The number of benzene rings is 2. The summed E-state index contributed by atoms with van der Waals surface area (Å²) in [6.07, 6.45) is 3.91. The minimum absolute atomic E-state index is 0.135. The molecule has 1 saturated heterocycles. The predicted molar refractivity (Wildman–Crippen MR) is 123 cm³/mol. The average Bonchev–Trinajstić information content (AvgIpc) is 3.05. The molecular weight excluding hydrogens is 412 g/mol. The monoisotopic (exact) mass is 442 g/mol. The van der Waals surface area contributed by atoms with E-state index in [-0.39, 0.29) is 5.91 Å². The van der Waals surface area contributed by atoms with E-state index >= 15 is 0 Å². The molecule has 0 bridgehead atoms. The summed E-state index contributed by atoms with van der Waals surface area (Å²) in [6, 6.07) is 14.1. The first-order valence-corrected chi connectivity index (χ1v) is 11.7. The van der Waals surface area contributed by atoms with Gasteiger partial charge in [0, 0.05) is 37.7 Å². The molecule has 0 aromatic heterocycles. The van der Waals surface area contributed by atoms with E-state index in [0.717, 1.165) is 68.7 Å². The Morgan fingerprint density at radius 3 is 2.61 bits per heavy atom. The third kappa shape index (κ3) is 5.34. The zero-order valence-electron chi connectivity index (χ0n) is 18.2. The lowest BCUT2D eigenvalue weighted by Gasteiger charge is -2.38. The third-order valence-electron chi connectivity index (χ3n) is 6.05. The van der Waals surface area contributed by atoms with Gasteiger partial charge in [-0.2, -0.15) is 0 Å². The van der Waals surface area contributed by atoms with E-state index in [1.54, 1.807) is 0 Å². The highest BCUT2D eigenvalue weighted by Crippen LogP contribution is 2.38. The Hall–Kier alpha value is -2.24. The van der Waals surface area contributed by atoms with Crippen molar-refractivity contribution in [2.75, 3.05) is 32.8 Å². The van der Waals surface area contributed by atoms with Gasteiger partial charge < -0.3 is 14.4 Å². The molecule has 1 fully saturated rings. The van der Waals surface area contributed by atoms with Gasteiger partial charge in [-0.1, -0.05) is 36.7 Å². The van der Waals surface area contributed by atoms with Crippen LogP contribution in [0.4, 0.5) is 0 Å². The largest absolute Gasteiger partial charge is 0.489 e. The Bertz CT molecular complexity index is 882. The molecule has 0 radical (unpaired) electrons. The van der Waals surface area contributed by atoms with Gasteiger partial charge >= 0.3 is 0 Å². The molecule has 2 aromatic rings. The molecule has 0 spiro atoms. The van der Waals surface area contributed by atoms with Crippen LogP contribution in [0.25, 0.3) is 0 Å². The lowest BCUT2D eigenvalue weighted by Crippen LogP contribution is -2.46. The fourth-order valence-corrected chi connectivity index (χ4v) is 4.77. The van der Waals surface area contributed by atoms with Crippen LogP contribution in [-0.2, 0) is 6.54 Å². The Kier molecular flexibility index (Phi) is 7.36. The molecule has 4 rings (SSSR count). The number of piperidine rings is 1. The van der Waals surface area contributed by atoms with Crippen molar-refractivity contribution >= 4 is 17.5 Å². The smallest absolute Gasteiger partial charge is 0.253 e. The Balaban J connectivity index is 1.41. The standard InChI is InChI=1S/C25H31ClN2O3/c1-2-11-28(18-19-16-22(26)24-23(17-19)30-14-6-15-31-24)21-9-12-27(13-10-21)25(29)20-7-4-3-5-8-20/h3-5,7-8,16-17,21H,2,6,9-15,18H2,1H3. The van der Waals surface area contributed by atoms with Crippen LogP contribution in [0.5, 0.6) is 11.5 Å². The van der Waals surface area contributed by atoms with Gasteiger partial charge in [-0.25, -0.2) is 0 Å². The Morgan fingerprint density at radius 2 is 1.87 bits per heavy atom. The van der Waals surface area contributed by atoms with Crippen molar-refractivity contribution in [3.8, 4) is 11.5 Å². The van der Waals surface area contributed by atoms with E-state index < -0.39 is 0 Å². The number of fused-ring (bicyclic) bond motifs is 1.